The van der Waals surface area contributed by atoms with E-state index in [1.165, 1.54) is 19.6 Å². The summed E-state index contributed by atoms with van der Waals surface area (Å²) in [7, 11) is 1.51. The Bertz CT molecular complexity index is 1570. The zero-order chi connectivity index (χ0) is 30.5. The number of aliphatic imine (C=N–C) groups is 1. The summed E-state index contributed by atoms with van der Waals surface area (Å²) in [6, 6.07) is 11.5. The molecule has 0 unspecified atom stereocenters. The number of guanidine groups is 1. The van der Waals surface area contributed by atoms with Gasteiger partial charge < -0.3 is 20.3 Å². The molecule has 1 aliphatic heterocycles. The number of piperazine rings is 1. The predicted octanol–water partition coefficient (Wildman–Crippen LogP) is 5.31. The van der Waals surface area contributed by atoms with Crippen LogP contribution in [0.5, 0.6) is 5.75 Å². The van der Waals surface area contributed by atoms with E-state index in [0.717, 1.165) is 43.0 Å². The quantitative estimate of drug-likeness (QED) is 0.300. The zero-order valence-electron chi connectivity index (χ0n) is 26.2. The van der Waals surface area contributed by atoms with Gasteiger partial charge in [-0.1, -0.05) is 26.8 Å². The van der Waals surface area contributed by atoms with E-state index in [1.54, 1.807) is 23.0 Å². The molecule has 6 atom stereocenters. The summed E-state index contributed by atoms with van der Waals surface area (Å²) in [6.07, 6.45) is 4.39. The van der Waals surface area contributed by atoms with Crippen LogP contribution in [0.2, 0.25) is 0 Å². The number of ether oxygens (including phenoxy) is 1. The van der Waals surface area contributed by atoms with Crippen LogP contribution in [0.25, 0.3) is 10.9 Å². The van der Waals surface area contributed by atoms with Crippen LogP contribution in [0.1, 0.15) is 53.0 Å². The largest absolute Gasteiger partial charge is 0.497 e. The second-order valence-electron chi connectivity index (χ2n) is 13.7. The summed E-state index contributed by atoms with van der Waals surface area (Å²) in [4.78, 5) is 25.7. The summed E-state index contributed by atoms with van der Waals surface area (Å²) < 4.78 is 21.1. The van der Waals surface area contributed by atoms with Crippen molar-refractivity contribution >= 4 is 22.5 Å². The van der Waals surface area contributed by atoms with Crippen LogP contribution in [0, 0.1) is 29.0 Å². The number of nitrogens with one attached hydrogen (secondary N) is 2. The summed E-state index contributed by atoms with van der Waals surface area (Å²) in [6.45, 7) is 13.7. The summed E-state index contributed by atoms with van der Waals surface area (Å²) in [5.74, 6) is 3.03. The molecule has 2 N–H and O–H groups in total. The molecule has 2 aromatic carbocycles. The number of hydrogen-bond donors (Lipinski definition) is 2. The van der Waals surface area contributed by atoms with Gasteiger partial charge in [0.25, 0.3) is 5.56 Å². The highest BCUT2D eigenvalue weighted by Crippen LogP contribution is 2.61. The third-order valence-electron chi connectivity index (χ3n) is 10.4. The Labute approximate surface area is 253 Å². The van der Waals surface area contributed by atoms with Crippen molar-refractivity contribution in [3.8, 4) is 5.75 Å². The number of fused-ring (bicyclic) bond motifs is 3. The van der Waals surface area contributed by atoms with E-state index in [0.29, 0.717) is 64.6 Å². The maximum Gasteiger partial charge on any atom is 0.261 e. The zero-order valence-corrected chi connectivity index (χ0v) is 26.2. The van der Waals surface area contributed by atoms with Gasteiger partial charge >= 0.3 is 0 Å². The molecule has 0 amide bonds. The third kappa shape index (κ3) is 5.76. The monoisotopic (exact) mass is 588 g/mol. The van der Waals surface area contributed by atoms with Gasteiger partial charge in [-0.2, -0.15) is 0 Å². The molecule has 7 rings (SSSR count). The van der Waals surface area contributed by atoms with Crippen LogP contribution in [0.4, 0.5) is 10.1 Å². The Balaban J connectivity index is 1.23. The van der Waals surface area contributed by atoms with Crippen molar-refractivity contribution in [2.24, 2.45) is 28.2 Å². The summed E-state index contributed by atoms with van der Waals surface area (Å²) in [5.41, 5.74) is 2.30. The van der Waals surface area contributed by atoms with Crippen molar-refractivity contribution in [1.29, 1.82) is 0 Å². The van der Waals surface area contributed by atoms with Crippen LogP contribution in [-0.4, -0.2) is 58.7 Å². The van der Waals surface area contributed by atoms with Crippen molar-refractivity contribution in [3.05, 3.63) is 64.5 Å². The van der Waals surface area contributed by atoms with Crippen LogP contribution in [-0.2, 0) is 13.0 Å². The van der Waals surface area contributed by atoms with Crippen LogP contribution in [0.3, 0.4) is 0 Å². The first-order chi connectivity index (χ1) is 20.5. The molecule has 1 aromatic heterocycles. The molecule has 3 aromatic rings. The second kappa shape index (κ2) is 11.6. The van der Waals surface area contributed by atoms with Crippen LogP contribution in [0.15, 0.2) is 52.5 Å². The van der Waals surface area contributed by atoms with Gasteiger partial charge in [0.15, 0.2) is 5.96 Å². The van der Waals surface area contributed by atoms with E-state index in [4.69, 9.17) is 9.73 Å². The van der Waals surface area contributed by atoms with Gasteiger partial charge in [0.05, 0.1) is 30.4 Å². The first kappa shape index (κ1) is 29.6. The van der Waals surface area contributed by atoms with Gasteiger partial charge in [0.1, 0.15) is 11.6 Å². The number of nitrogens with zero attached hydrogens (tertiary/aromatic N) is 4. The Morgan fingerprint density at radius 1 is 1.14 bits per heavy atom. The highest BCUT2D eigenvalue weighted by Gasteiger charge is 2.56. The number of benzene rings is 2. The minimum absolute atomic E-state index is 0.137. The maximum absolute atomic E-state index is 14.4. The van der Waals surface area contributed by atoms with Gasteiger partial charge in [-0.3, -0.25) is 9.36 Å². The first-order valence-electron chi connectivity index (χ1n) is 15.7. The molecule has 8 nitrogen and oxygen atoms in total. The van der Waals surface area contributed by atoms with Gasteiger partial charge in [-0.05, 0) is 86.1 Å². The van der Waals surface area contributed by atoms with E-state index in [-0.39, 0.29) is 11.4 Å². The molecular weight excluding hydrogens is 543 g/mol. The average molecular weight is 589 g/mol. The number of hydrogen-bond acceptors (Lipinski definition) is 5. The highest BCUT2D eigenvalue weighted by molar-refractivity contribution is 5.96. The topological polar surface area (TPSA) is 83.8 Å². The molecule has 1 saturated heterocycles. The number of methoxy groups -OCH3 is 1. The van der Waals surface area contributed by atoms with Gasteiger partial charge in [-0.15, -0.1) is 0 Å². The fourth-order valence-corrected chi connectivity index (χ4v) is 7.77. The number of halogens is 1. The lowest BCUT2D eigenvalue weighted by Crippen LogP contribution is -2.59. The van der Waals surface area contributed by atoms with Crippen molar-refractivity contribution in [2.75, 3.05) is 25.5 Å². The normalized spacial score (nSPS) is 28.4. The fraction of sp³-hybridized carbons (Fsp3) is 0.559. The van der Waals surface area contributed by atoms with E-state index >= 15 is 0 Å². The lowest BCUT2D eigenvalue weighted by atomic mass is 9.45. The molecular formula is C34H45FN6O2. The lowest BCUT2D eigenvalue weighted by Gasteiger charge is -2.61. The fourth-order valence-electron chi connectivity index (χ4n) is 7.77. The molecule has 4 aliphatic rings. The average Bonchev–Trinajstić information content (AvgIpc) is 2.97. The van der Waals surface area contributed by atoms with Gasteiger partial charge in [0.2, 0.25) is 0 Å². The summed E-state index contributed by atoms with van der Waals surface area (Å²) >= 11 is 0. The highest BCUT2D eigenvalue weighted by atomic mass is 19.1. The summed E-state index contributed by atoms with van der Waals surface area (Å²) in [5, 5.41) is 7.81. The minimum atomic E-state index is -0.342. The lowest BCUT2D eigenvalue weighted by molar-refractivity contribution is -0.108. The molecule has 3 saturated carbocycles. The van der Waals surface area contributed by atoms with Crippen molar-refractivity contribution < 1.29 is 9.13 Å². The van der Waals surface area contributed by atoms with Gasteiger partial charge in [-0.25, -0.2) is 14.4 Å². The van der Waals surface area contributed by atoms with Crippen molar-refractivity contribution in [3.63, 3.8) is 0 Å². The van der Waals surface area contributed by atoms with E-state index in [2.05, 4.69) is 55.1 Å². The first-order valence-corrected chi connectivity index (χ1v) is 15.7. The molecule has 2 bridgehead atoms. The van der Waals surface area contributed by atoms with Crippen LogP contribution < -0.4 is 20.9 Å². The maximum atomic E-state index is 14.4. The molecule has 4 fully saturated rings. The Morgan fingerprint density at radius 2 is 1.91 bits per heavy atom. The van der Waals surface area contributed by atoms with Crippen LogP contribution >= 0.6 is 0 Å². The molecule has 0 radical (unpaired) electrons. The van der Waals surface area contributed by atoms with Crippen molar-refractivity contribution in [2.45, 2.75) is 78.6 Å². The molecule has 2 heterocycles. The molecule has 43 heavy (non-hydrogen) atoms. The second-order valence-corrected chi connectivity index (χ2v) is 13.7. The van der Waals surface area contributed by atoms with Gasteiger partial charge in [0, 0.05) is 43.5 Å². The Hall–Kier alpha value is -3.46. The number of aryl methyl sites for hydroxylation is 2. The van der Waals surface area contributed by atoms with E-state index in [9.17, 15) is 9.18 Å². The Kier molecular flexibility index (Phi) is 7.96. The van der Waals surface area contributed by atoms with E-state index in [1.807, 2.05) is 18.2 Å². The van der Waals surface area contributed by atoms with E-state index < -0.39 is 0 Å². The SMILES string of the molecule is COc1ccc(CCn2cnc3cc(NC(=N[C@@H]4C[C@H]5C[C@@H]([C@@H]4C)C5(C)C)N4C[C@@H](C)N[C@@H](C)C4)ccc3c2=O)c(F)c1. The standard InChI is InChI=1S/C34H45FN6O2/c1-20-17-41(18-21(2)37-20)33(39-30-14-24-13-28(22(30)3)34(24,4)5)38-25-8-10-27-31(15-25)36-19-40(32(27)42)12-11-23-7-9-26(43-6)16-29(23)35/h7-10,15-16,19-22,24,28,30,37H,11-14,17-18H2,1-6H3,(H,38,39)/t20-,21+,22-,24+,28-,30+/m0/s1. The molecule has 9 heteroatoms. The number of rotatable bonds is 6. The smallest absolute Gasteiger partial charge is 0.261 e. The number of aromatic nitrogens is 2. The predicted molar refractivity (Wildman–Crippen MR) is 170 cm³/mol. The molecule has 0 spiro atoms. The number of anilines is 1. The molecule has 3 aliphatic carbocycles. The third-order valence-corrected chi connectivity index (χ3v) is 10.4. The van der Waals surface area contributed by atoms with Crippen molar-refractivity contribution in [1.82, 2.24) is 19.8 Å². The minimum Gasteiger partial charge on any atom is -0.497 e. The Morgan fingerprint density at radius 3 is 2.58 bits per heavy atom. The molecule has 230 valence electrons.